The molecule has 0 heterocycles. The van der Waals surface area contributed by atoms with E-state index in [1.54, 1.807) is 21.1 Å². The lowest BCUT2D eigenvalue weighted by Crippen LogP contribution is -2.39. The van der Waals surface area contributed by atoms with Gasteiger partial charge in [-0.3, -0.25) is 4.99 Å². The highest BCUT2D eigenvalue weighted by atomic mass is 32.2. The van der Waals surface area contributed by atoms with Crippen LogP contribution < -0.4 is 10.6 Å². The van der Waals surface area contributed by atoms with Crippen LogP contribution in [0.15, 0.2) is 4.99 Å². The van der Waals surface area contributed by atoms with Crippen molar-refractivity contribution in [1.29, 1.82) is 0 Å². The van der Waals surface area contributed by atoms with Gasteiger partial charge in [0, 0.05) is 46.9 Å². The van der Waals surface area contributed by atoms with Crippen molar-refractivity contribution < 1.29 is 17.9 Å². The van der Waals surface area contributed by atoms with Crippen molar-refractivity contribution in [3.8, 4) is 0 Å². The van der Waals surface area contributed by atoms with Crippen LogP contribution in [-0.2, 0) is 19.5 Å². The Morgan fingerprint density at radius 3 is 2.50 bits per heavy atom. The summed E-state index contributed by atoms with van der Waals surface area (Å²) in [6.07, 6.45) is 1.57. The Bertz CT molecular complexity index is 429. The largest absolute Gasteiger partial charge is 0.382 e. The van der Waals surface area contributed by atoms with Crippen molar-refractivity contribution in [3.63, 3.8) is 0 Å². The Labute approximate surface area is 147 Å². The molecule has 8 nitrogen and oxygen atoms in total. The van der Waals surface area contributed by atoms with Gasteiger partial charge in [-0.05, 0) is 26.7 Å². The number of hydrogen-bond donors (Lipinski definition) is 2. The molecule has 0 aromatic heterocycles. The smallest absolute Gasteiger partial charge is 0.213 e. The molecule has 0 unspecified atom stereocenters. The number of aliphatic imine (C=N–C) groups is 1. The first-order valence-corrected chi connectivity index (χ1v) is 10.1. The SMILES string of the molecule is CCNC(=NCCCOCCOC)NCCCN(C)S(=O)(=O)CC. The number of nitrogens with zero attached hydrogens (tertiary/aromatic N) is 2. The third kappa shape index (κ3) is 11.6. The molecule has 0 saturated heterocycles. The van der Waals surface area contributed by atoms with Gasteiger partial charge in [-0.15, -0.1) is 0 Å². The minimum absolute atomic E-state index is 0.132. The molecule has 0 spiro atoms. The first kappa shape index (κ1) is 23.1. The van der Waals surface area contributed by atoms with Gasteiger partial charge >= 0.3 is 0 Å². The molecule has 0 aromatic rings. The summed E-state index contributed by atoms with van der Waals surface area (Å²) in [5, 5.41) is 6.38. The van der Waals surface area contributed by atoms with Crippen molar-refractivity contribution in [2.75, 3.05) is 65.9 Å². The summed E-state index contributed by atoms with van der Waals surface area (Å²) in [5.41, 5.74) is 0. The van der Waals surface area contributed by atoms with E-state index in [-0.39, 0.29) is 5.75 Å². The Morgan fingerprint density at radius 2 is 1.88 bits per heavy atom. The molecule has 0 rings (SSSR count). The molecule has 24 heavy (non-hydrogen) atoms. The second kappa shape index (κ2) is 14.4. The van der Waals surface area contributed by atoms with Crippen LogP contribution in [0.1, 0.15) is 26.7 Å². The lowest BCUT2D eigenvalue weighted by molar-refractivity contribution is 0.0702. The third-order valence-electron chi connectivity index (χ3n) is 3.27. The molecule has 144 valence electrons. The predicted octanol–water partition coefficient (Wildman–Crippen LogP) is 0.266. The fraction of sp³-hybridized carbons (Fsp3) is 0.933. The van der Waals surface area contributed by atoms with Crippen LogP contribution in [0.5, 0.6) is 0 Å². The highest BCUT2D eigenvalue weighted by Gasteiger charge is 2.13. The summed E-state index contributed by atoms with van der Waals surface area (Å²) in [6.45, 7) is 8.14. The number of rotatable bonds is 14. The van der Waals surface area contributed by atoms with Crippen molar-refractivity contribution in [1.82, 2.24) is 14.9 Å². The zero-order valence-electron chi connectivity index (χ0n) is 15.5. The Hall–Kier alpha value is -0.900. The maximum absolute atomic E-state index is 11.6. The zero-order valence-corrected chi connectivity index (χ0v) is 16.3. The van der Waals surface area contributed by atoms with Crippen molar-refractivity contribution in [2.24, 2.45) is 4.99 Å². The molecule has 0 aromatic carbocycles. The van der Waals surface area contributed by atoms with Gasteiger partial charge in [0.05, 0.1) is 19.0 Å². The minimum Gasteiger partial charge on any atom is -0.382 e. The van der Waals surface area contributed by atoms with E-state index in [0.717, 1.165) is 25.3 Å². The lowest BCUT2D eigenvalue weighted by atomic mass is 10.4. The Balaban J connectivity index is 3.96. The zero-order chi connectivity index (χ0) is 18.3. The van der Waals surface area contributed by atoms with Crippen LogP contribution in [0.4, 0.5) is 0 Å². The van der Waals surface area contributed by atoms with Gasteiger partial charge in [0.25, 0.3) is 0 Å². The predicted molar refractivity (Wildman–Crippen MR) is 98.0 cm³/mol. The van der Waals surface area contributed by atoms with Crippen LogP contribution in [0.2, 0.25) is 0 Å². The highest BCUT2D eigenvalue weighted by molar-refractivity contribution is 7.89. The Morgan fingerprint density at radius 1 is 1.12 bits per heavy atom. The van der Waals surface area contributed by atoms with Crippen molar-refractivity contribution in [2.45, 2.75) is 26.7 Å². The van der Waals surface area contributed by atoms with E-state index in [9.17, 15) is 8.42 Å². The number of sulfonamides is 1. The number of nitrogens with one attached hydrogen (secondary N) is 2. The maximum atomic E-state index is 11.6. The van der Waals surface area contributed by atoms with Gasteiger partial charge in [0.2, 0.25) is 10.0 Å². The van der Waals surface area contributed by atoms with E-state index in [1.165, 1.54) is 4.31 Å². The van der Waals surface area contributed by atoms with Crippen molar-refractivity contribution in [3.05, 3.63) is 0 Å². The summed E-state index contributed by atoms with van der Waals surface area (Å²) in [6, 6.07) is 0. The number of ether oxygens (including phenoxy) is 2. The fourth-order valence-electron chi connectivity index (χ4n) is 1.81. The quantitative estimate of drug-likeness (QED) is 0.260. The fourth-order valence-corrected chi connectivity index (χ4v) is 2.66. The van der Waals surface area contributed by atoms with Gasteiger partial charge in [-0.2, -0.15) is 0 Å². The first-order valence-electron chi connectivity index (χ1n) is 8.50. The van der Waals surface area contributed by atoms with Crippen LogP contribution >= 0.6 is 0 Å². The molecular weight excluding hydrogens is 332 g/mol. The molecular formula is C15H34N4O4S. The highest BCUT2D eigenvalue weighted by Crippen LogP contribution is 1.98. The molecule has 0 bridgehead atoms. The second-order valence-corrected chi connectivity index (χ2v) is 7.59. The van der Waals surface area contributed by atoms with E-state index < -0.39 is 10.0 Å². The van der Waals surface area contributed by atoms with E-state index >= 15 is 0 Å². The van der Waals surface area contributed by atoms with Gasteiger partial charge < -0.3 is 20.1 Å². The van der Waals surface area contributed by atoms with Gasteiger partial charge in [-0.1, -0.05) is 0 Å². The second-order valence-electron chi connectivity index (χ2n) is 5.22. The summed E-state index contributed by atoms with van der Waals surface area (Å²) in [4.78, 5) is 4.46. The van der Waals surface area contributed by atoms with E-state index in [4.69, 9.17) is 9.47 Å². The number of guanidine groups is 1. The van der Waals surface area contributed by atoms with Gasteiger partial charge in [0.1, 0.15) is 0 Å². The molecule has 0 radical (unpaired) electrons. The van der Waals surface area contributed by atoms with E-state index in [2.05, 4.69) is 15.6 Å². The van der Waals surface area contributed by atoms with Gasteiger partial charge in [-0.25, -0.2) is 12.7 Å². The van der Waals surface area contributed by atoms with E-state index in [0.29, 0.717) is 39.5 Å². The summed E-state index contributed by atoms with van der Waals surface area (Å²) in [5.74, 6) is 0.878. The topological polar surface area (TPSA) is 92.3 Å². The van der Waals surface area contributed by atoms with Crippen molar-refractivity contribution >= 4 is 16.0 Å². The Kier molecular flexibility index (Phi) is 13.9. The summed E-state index contributed by atoms with van der Waals surface area (Å²) >= 11 is 0. The van der Waals surface area contributed by atoms with Crippen LogP contribution in [0.25, 0.3) is 0 Å². The maximum Gasteiger partial charge on any atom is 0.213 e. The van der Waals surface area contributed by atoms with E-state index in [1.807, 2.05) is 6.92 Å². The molecule has 0 atom stereocenters. The standard InChI is InChI=1S/C15H34N4O4S/c1-5-16-15(18-10-8-12-23-14-13-22-4)17-9-7-11-19(3)24(20,21)6-2/h5-14H2,1-4H3,(H2,16,17,18). The van der Waals surface area contributed by atoms with Crippen LogP contribution in [0.3, 0.4) is 0 Å². The summed E-state index contributed by atoms with van der Waals surface area (Å²) in [7, 11) is 0.163. The van der Waals surface area contributed by atoms with Gasteiger partial charge in [0.15, 0.2) is 5.96 Å². The van der Waals surface area contributed by atoms with Crippen LogP contribution in [0, 0.1) is 0 Å². The molecule has 0 fully saturated rings. The molecule has 2 N–H and O–H groups in total. The average Bonchev–Trinajstić information content (AvgIpc) is 2.57. The summed E-state index contributed by atoms with van der Waals surface area (Å²) < 4.78 is 35.0. The molecule has 0 saturated carbocycles. The number of hydrogen-bond acceptors (Lipinski definition) is 5. The molecule has 0 aliphatic rings. The third-order valence-corrected chi connectivity index (χ3v) is 5.14. The normalized spacial score (nSPS) is 12.6. The monoisotopic (exact) mass is 366 g/mol. The number of methoxy groups -OCH3 is 1. The molecule has 0 amide bonds. The lowest BCUT2D eigenvalue weighted by Gasteiger charge is -2.16. The molecule has 9 heteroatoms. The first-order chi connectivity index (χ1) is 11.5. The molecule has 0 aliphatic carbocycles. The van der Waals surface area contributed by atoms with Crippen LogP contribution in [-0.4, -0.2) is 84.6 Å². The average molecular weight is 367 g/mol. The molecule has 0 aliphatic heterocycles. The minimum atomic E-state index is -3.10.